The lowest BCUT2D eigenvalue weighted by molar-refractivity contribution is -0.384. The van der Waals surface area contributed by atoms with Crippen LogP contribution < -0.4 is 5.32 Å². The Labute approximate surface area is 130 Å². The molecular weight excluding hydrogens is 298 g/mol. The number of para-hydroxylation sites is 2. The molecule has 0 aliphatic carbocycles. The van der Waals surface area contributed by atoms with Crippen LogP contribution in [0.3, 0.4) is 0 Å². The monoisotopic (exact) mass is 309 g/mol. The van der Waals surface area contributed by atoms with E-state index < -0.39 is 4.92 Å². The van der Waals surface area contributed by atoms with E-state index in [1.807, 2.05) is 12.1 Å². The Kier molecular flexibility index (Phi) is 3.84. The summed E-state index contributed by atoms with van der Waals surface area (Å²) < 4.78 is 5.51. The van der Waals surface area contributed by atoms with Crippen LogP contribution in [0.25, 0.3) is 16.7 Å². The van der Waals surface area contributed by atoms with E-state index in [1.165, 1.54) is 18.3 Å². The number of allylic oxidation sites excluding steroid dienone is 1. The number of rotatable bonds is 5. The number of hydrogen-bond acceptors (Lipinski definition) is 6. The number of carbonyl (C=O) groups excluding carboxylic acids is 1. The lowest BCUT2D eigenvalue weighted by atomic mass is 10.2. The highest BCUT2D eigenvalue weighted by Gasteiger charge is 2.10. The Morgan fingerprint density at radius 2 is 2.04 bits per heavy atom. The number of benzene rings is 2. The van der Waals surface area contributed by atoms with Crippen molar-refractivity contribution in [2.75, 3.05) is 5.32 Å². The molecule has 0 aliphatic rings. The van der Waals surface area contributed by atoms with Gasteiger partial charge < -0.3 is 9.73 Å². The first-order valence-electron chi connectivity index (χ1n) is 6.69. The molecule has 0 amide bonds. The van der Waals surface area contributed by atoms with Gasteiger partial charge in [0, 0.05) is 24.0 Å². The summed E-state index contributed by atoms with van der Waals surface area (Å²) in [6, 6.07) is 13.1. The van der Waals surface area contributed by atoms with Crippen LogP contribution in [0.1, 0.15) is 5.89 Å². The molecule has 1 heterocycles. The van der Waals surface area contributed by atoms with Crippen molar-refractivity contribution >= 4 is 34.3 Å². The fourth-order valence-corrected chi connectivity index (χ4v) is 2.01. The van der Waals surface area contributed by atoms with E-state index in [1.54, 1.807) is 24.3 Å². The van der Waals surface area contributed by atoms with E-state index in [-0.39, 0.29) is 17.2 Å². The molecule has 0 radical (unpaired) electrons. The number of nitrogens with one attached hydrogen (secondary N) is 1. The van der Waals surface area contributed by atoms with Crippen LogP contribution in [-0.2, 0) is 4.79 Å². The Balaban J connectivity index is 1.88. The van der Waals surface area contributed by atoms with Crippen LogP contribution in [0.4, 0.5) is 11.4 Å². The Morgan fingerprint density at radius 1 is 1.22 bits per heavy atom. The van der Waals surface area contributed by atoms with Crippen molar-refractivity contribution in [3.05, 3.63) is 70.7 Å². The van der Waals surface area contributed by atoms with Gasteiger partial charge in [-0.3, -0.25) is 14.9 Å². The lowest BCUT2D eigenvalue weighted by Crippen LogP contribution is -1.95. The Morgan fingerprint density at radius 3 is 2.78 bits per heavy atom. The Hall–Kier alpha value is -3.48. The number of anilines is 1. The number of fused-ring (bicyclic) bond motifs is 1. The number of nitrogens with zero attached hydrogens (tertiary/aromatic N) is 2. The van der Waals surface area contributed by atoms with Crippen LogP contribution >= 0.6 is 0 Å². The summed E-state index contributed by atoms with van der Waals surface area (Å²) in [4.78, 5) is 25.7. The predicted molar refractivity (Wildman–Crippen MR) is 84.8 cm³/mol. The average Bonchev–Trinajstić information content (AvgIpc) is 2.99. The maximum atomic E-state index is 11.3. The molecule has 0 unspecified atom stereocenters. The third kappa shape index (κ3) is 3.08. The highest BCUT2D eigenvalue weighted by Crippen LogP contribution is 2.21. The van der Waals surface area contributed by atoms with E-state index in [4.69, 9.17) is 4.42 Å². The van der Waals surface area contributed by atoms with Crippen molar-refractivity contribution in [3.8, 4) is 0 Å². The van der Waals surface area contributed by atoms with Gasteiger partial charge in [0.25, 0.3) is 5.69 Å². The first-order chi connectivity index (χ1) is 11.2. The van der Waals surface area contributed by atoms with E-state index >= 15 is 0 Å². The number of nitro benzene ring substituents is 1. The van der Waals surface area contributed by atoms with Gasteiger partial charge in [-0.15, -0.1) is 0 Å². The van der Waals surface area contributed by atoms with E-state index in [2.05, 4.69) is 10.3 Å². The number of carbonyl (C=O) groups is 1. The summed E-state index contributed by atoms with van der Waals surface area (Å²) in [6.45, 7) is 0. The number of aldehydes is 1. The lowest BCUT2D eigenvalue weighted by Gasteiger charge is -2.01. The minimum absolute atomic E-state index is 0.0436. The molecule has 0 bridgehead atoms. The van der Waals surface area contributed by atoms with Crippen LogP contribution in [0.5, 0.6) is 0 Å². The summed E-state index contributed by atoms with van der Waals surface area (Å²) in [7, 11) is 0. The van der Waals surface area contributed by atoms with Gasteiger partial charge in [0.1, 0.15) is 5.52 Å². The molecule has 0 saturated heterocycles. The van der Waals surface area contributed by atoms with Gasteiger partial charge in [-0.2, -0.15) is 0 Å². The fraction of sp³-hybridized carbons (Fsp3) is 0. The first kappa shape index (κ1) is 14.5. The number of oxazole rings is 1. The van der Waals surface area contributed by atoms with Crippen LogP contribution in [0.2, 0.25) is 0 Å². The molecule has 3 rings (SSSR count). The predicted octanol–water partition coefficient (Wildman–Crippen LogP) is 3.39. The molecule has 0 spiro atoms. The number of nitro groups is 1. The van der Waals surface area contributed by atoms with E-state index in [0.717, 1.165) is 0 Å². The summed E-state index contributed by atoms with van der Waals surface area (Å²) in [5.41, 5.74) is 1.86. The minimum Gasteiger partial charge on any atom is -0.436 e. The van der Waals surface area contributed by atoms with E-state index in [0.29, 0.717) is 23.1 Å². The van der Waals surface area contributed by atoms with Crippen molar-refractivity contribution in [2.24, 2.45) is 0 Å². The topological polar surface area (TPSA) is 98.3 Å². The molecule has 1 aromatic heterocycles. The number of hydrogen-bond donors (Lipinski definition) is 1. The molecule has 114 valence electrons. The van der Waals surface area contributed by atoms with Crippen molar-refractivity contribution in [1.82, 2.24) is 4.98 Å². The fourth-order valence-electron chi connectivity index (χ4n) is 2.01. The quantitative estimate of drug-likeness (QED) is 0.336. The normalized spacial score (nSPS) is 11.4. The molecule has 23 heavy (non-hydrogen) atoms. The standard InChI is InChI=1S/C16H11N3O4/c20-10-11(16-18-14-6-1-2-7-15(14)23-16)9-17-12-4-3-5-13(8-12)19(21)22/h1-10,17H/b11-9+. The molecule has 3 aromatic rings. The van der Waals surface area contributed by atoms with Gasteiger partial charge in [-0.1, -0.05) is 18.2 Å². The van der Waals surface area contributed by atoms with Gasteiger partial charge >= 0.3 is 0 Å². The number of non-ortho nitro benzene ring substituents is 1. The van der Waals surface area contributed by atoms with Crippen LogP contribution in [0.15, 0.2) is 59.1 Å². The molecule has 0 saturated carbocycles. The van der Waals surface area contributed by atoms with E-state index in [9.17, 15) is 14.9 Å². The molecular formula is C16H11N3O4. The second-order valence-electron chi connectivity index (χ2n) is 4.66. The van der Waals surface area contributed by atoms with Crippen molar-refractivity contribution < 1.29 is 14.1 Å². The molecule has 1 N–H and O–H groups in total. The van der Waals surface area contributed by atoms with Crippen molar-refractivity contribution in [2.45, 2.75) is 0 Å². The van der Waals surface area contributed by atoms with Crippen LogP contribution in [-0.4, -0.2) is 16.2 Å². The Bertz CT molecular complexity index is 881. The largest absolute Gasteiger partial charge is 0.436 e. The molecule has 0 atom stereocenters. The molecule has 2 aromatic carbocycles. The van der Waals surface area contributed by atoms with Gasteiger partial charge in [-0.05, 0) is 18.2 Å². The third-order valence-electron chi connectivity index (χ3n) is 3.12. The highest BCUT2D eigenvalue weighted by molar-refractivity contribution is 6.06. The number of aromatic nitrogens is 1. The minimum atomic E-state index is -0.490. The summed E-state index contributed by atoms with van der Waals surface area (Å²) >= 11 is 0. The molecule has 7 nitrogen and oxygen atoms in total. The van der Waals surface area contributed by atoms with Crippen molar-refractivity contribution in [1.29, 1.82) is 0 Å². The zero-order chi connectivity index (χ0) is 16.2. The summed E-state index contributed by atoms with van der Waals surface area (Å²) in [6.07, 6.45) is 2.01. The maximum Gasteiger partial charge on any atom is 0.271 e. The zero-order valence-corrected chi connectivity index (χ0v) is 11.8. The maximum absolute atomic E-state index is 11.3. The highest BCUT2D eigenvalue weighted by atomic mass is 16.6. The zero-order valence-electron chi connectivity index (χ0n) is 11.8. The summed E-state index contributed by atoms with van der Waals surface area (Å²) in [5, 5.41) is 13.6. The third-order valence-corrected chi connectivity index (χ3v) is 3.12. The smallest absolute Gasteiger partial charge is 0.271 e. The average molecular weight is 309 g/mol. The van der Waals surface area contributed by atoms with Gasteiger partial charge in [-0.25, -0.2) is 4.98 Å². The second-order valence-corrected chi connectivity index (χ2v) is 4.66. The first-order valence-corrected chi connectivity index (χ1v) is 6.69. The van der Waals surface area contributed by atoms with Crippen molar-refractivity contribution in [3.63, 3.8) is 0 Å². The molecule has 0 fully saturated rings. The SMILES string of the molecule is O=C/C(=C\Nc1cccc([N+](=O)[O-])c1)c1nc2ccccc2o1. The van der Waals surface area contributed by atoms with Crippen LogP contribution in [0, 0.1) is 10.1 Å². The summed E-state index contributed by atoms with van der Waals surface area (Å²) in [5.74, 6) is 0.180. The van der Waals surface area contributed by atoms with Gasteiger partial charge in [0.15, 0.2) is 11.9 Å². The van der Waals surface area contributed by atoms with Gasteiger partial charge in [0.2, 0.25) is 5.89 Å². The second kappa shape index (κ2) is 6.10. The molecule has 7 heteroatoms. The molecule has 0 aliphatic heterocycles. The van der Waals surface area contributed by atoms with Gasteiger partial charge in [0.05, 0.1) is 10.5 Å².